The molecule has 0 radical (unpaired) electrons. The van der Waals surface area contributed by atoms with Crippen molar-refractivity contribution in [2.75, 3.05) is 39.3 Å². The molecule has 1 fully saturated rings. The Morgan fingerprint density at radius 1 is 0.964 bits per heavy atom. The van der Waals surface area contributed by atoms with Gasteiger partial charge < -0.3 is 19.7 Å². The van der Waals surface area contributed by atoms with Crippen LogP contribution in [0, 0.1) is 10.1 Å². The Balaban J connectivity index is 1.52. The molecule has 1 N–H and O–H groups in total. The van der Waals surface area contributed by atoms with Crippen LogP contribution in [0.15, 0.2) is 48.5 Å². The van der Waals surface area contributed by atoms with E-state index < -0.39 is 4.92 Å². The zero-order valence-electron chi connectivity index (χ0n) is 16.0. The van der Waals surface area contributed by atoms with Crippen LogP contribution in [-0.2, 0) is 6.61 Å². The van der Waals surface area contributed by atoms with Crippen molar-refractivity contribution >= 4 is 5.69 Å². The first-order valence-electron chi connectivity index (χ1n) is 9.74. The highest BCUT2D eigenvalue weighted by atomic mass is 16.6. The number of ether oxygens (including phenoxy) is 2. The predicted molar refractivity (Wildman–Crippen MR) is 108 cm³/mol. The molecule has 0 aromatic heterocycles. The number of hydrogen-bond acceptors (Lipinski definition) is 6. The first-order valence-corrected chi connectivity index (χ1v) is 9.74. The molecule has 0 unspecified atom stereocenters. The average molecular weight is 385 g/mol. The summed E-state index contributed by atoms with van der Waals surface area (Å²) in [6.45, 7) is 6.00. The van der Waals surface area contributed by atoms with Crippen molar-refractivity contribution in [2.45, 2.75) is 19.4 Å². The Bertz CT molecular complexity index is 749. The van der Waals surface area contributed by atoms with E-state index in [1.54, 1.807) is 18.2 Å². The van der Waals surface area contributed by atoms with Crippen LogP contribution in [0.2, 0.25) is 0 Å². The lowest BCUT2D eigenvalue weighted by molar-refractivity contribution is -0.387. The van der Waals surface area contributed by atoms with E-state index in [4.69, 9.17) is 9.47 Å². The molecule has 7 heteroatoms. The number of nitrogens with one attached hydrogen (secondary N) is 1. The van der Waals surface area contributed by atoms with E-state index in [0.717, 1.165) is 51.1 Å². The van der Waals surface area contributed by atoms with Gasteiger partial charge in [-0.15, -0.1) is 0 Å². The lowest BCUT2D eigenvalue weighted by Crippen LogP contribution is -2.43. The highest BCUT2D eigenvalue weighted by molar-refractivity contribution is 5.57. The van der Waals surface area contributed by atoms with Crippen molar-refractivity contribution in [3.05, 3.63) is 64.2 Å². The number of hydrogen-bond donors (Lipinski definition) is 1. The van der Waals surface area contributed by atoms with Crippen LogP contribution in [0.25, 0.3) is 0 Å². The summed E-state index contributed by atoms with van der Waals surface area (Å²) in [4.78, 5) is 13.6. The number of nitro benzene ring substituents is 1. The highest BCUT2D eigenvalue weighted by Gasteiger charge is 2.22. The van der Waals surface area contributed by atoms with Crippen molar-refractivity contribution in [3.8, 4) is 11.5 Å². The number of piperazine rings is 1. The van der Waals surface area contributed by atoms with E-state index in [1.807, 2.05) is 30.3 Å². The van der Waals surface area contributed by atoms with Gasteiger partial charge in [0.25, 0.3) is 0 Å². The molecule has 1 saturated heterocycles. The summed E-state index contributed by atoms with van der Waals surface area (Å²) in [7, 11) is 0. The Morgan fingerprint density at radius 3 is 2.39 bits per heavy atom. The Morgan fingerprint density at radius 2 is 1.68 bits per heavy atom. The standard InChI is InChI=1S/C21H27N3O4/c25-24(26)21-19(27-16-5-4-13-23-14-11-22-12-15-23)9-6-10-20(21)28-17-18-7-2-1-3-8-18/h1-3,6-10,22H,4-5,11-17H2. The molecule has 150 valence electrons. The molecule has 0 saturated carbocycles. The maximum Gasteiger partial charge on any atom is 0.352 e. The monoisotopic (exact) mass is 385 g/mol. The minimum absolute atomic E-state index is 0.111. The van der Waals surface area contributed by atoms with Gasteiger partial charge in [-0.3, -0.25) is 10.1 Å². The van der Waals surface area contributed by atoms with Crippen LogP contribution < -0.4 is 14.8 Å². The fraction of sp³-hybridized carbons (Fsp3) is 0.429. The normalized spacial score (nSPS) is 14.6. The Labute approximate surface area is 165 Å². The van der Waals surface area contributed by atoms with Gasteiger partial charge in [0.15, 0.2) is 0 Å². The molecule has 7 nitrogen and oxygen atoms in total. The van der Waals surface area contributed by atoms with Crippen LogP contribution >= 0.6 is 0 Å². The minimum Gasteiger partial charge on any atom is -0.487 e. The Hall–Kier alpha value is -2.64. The molecule has 2 aromatic rings. The van der Waals surface area contributed by atoms with Crippen molar-refractivity contribution in [2.24, 2.45) is 0 Å². The zero-order valence-corrected chi connectivity index (χ0v) is 16.0. The molecule has 2 aromatic carbocycles. The summed E-state index contributed by atoms with van der Waals surface area (Å²) in [6, 6.07) is 14.5. The van der Waals surface area contributed by atoms with Gasteiger partial charge in [0.2, 0.25) is 11.5 Å². The van der Waals surface area contributed by atoms with Crippen molar-refractivity contribution in [1.29, 1.82) is 0 Å². The van der Waals surface area contributed by atoms with Gasteiger partial charge in [-0.2, -0.15) is 0 Å². The highest BCUT2D eigenvalue weighted by Crippen LogP contribution is 2.37. The van der Waals surface area contributed by atoms with E-state index in [2.05, 4.69) is 10.2 Å². The zero-order chi connectivity index (χ0) is 19.6. The number of unbranched alkanes of at least 4 members (excludes halogenated alkanes) is 1. The minimum atomic E-state index is -0.434. The lowest BCUT2D eigenvalue weighted by atomic mass is 10.2. The molecular formula is C21H27N3O4. The maximum atomic E-state index is 11.6. The quantitative estimate of drug-likeness (QED) is 0.384. The number of rotatable bonds is 10. The van der Waals surface area contributed by atoms with Crippen molar-refractivity contribution in [1.82, 2.24) is 10.2 Å². The molecule has 1 aliphatic heterocycles. The first-order chi connectivity index (χ1) is 13.7. The molecule has 3 rings (SSSR count). The summed E-state index contributed by atoms with van der Waals surface area (Å²) in [5, 5.41) is 14.9. The summed E-state index contributed by atoms with van der Waals surface area (Å²) in [5.74, 6) is 0.491. The van der Waals surface area contributed by atoms with Crippen LogP contribution in [0.4, 0.5) is 5.69 Å². The molecule has 0 spiro atoms. The van der Waals surface area contributed by atoms with Gasteiger partial charge >= 0.3 is 5.69 Å². The fourth-order valence-electron chi connectivity index (χ4n) is 3.20. The third-order valence-corrected chi connectivity index (χ3v) is 4.72. The average Bonchev–Trinajstić information content (AvgIpc) is 2.73. The molecule has 28 heavy (non-hydrogen) atoms. The maximum absolute atomic E-state index is 11.6. The van der Waals surface area contributed by atoms with E-state index in [-0.39, 0.29) is 23.8 Å². The largest absolute Gasteiger partial charge is 0.487 e. The number of para-hydroxylation sites is 1. The molecule has 0 bridgehead atoms. The lowest BCUT2D eigenvalue weighted by Gasteiger charge is -2.26. The second-order valence-corrected chi connectivity index (χ2v) is 6.78. The topological polar surface area (TPSA) is 76.9 Å². The van der Waals surface area contributed by atoms with E-state index in [9.17, 15) is 10.1 Å². The van der Waals surface area contributed by atoms with E-state index in [1.165, 1.54) is 0 Å². The van der Waals surface area contributed by atoms with Gasteiger partial charge in [0.05, 0.1) is 11.5 Å². The number of benzene rings is 2. The summed E-state index contributed by atoms with van der Waals surface area (Å²) < 4.78 is 11.4. The molecular weight excluding hydrogens is 358 g/mol. The molecule has 0 aliphatic carbocycles. The third-order valence-electron chi connectivity index (χ3n) is 4.72. The molecule has 1 aliphatic rings. The molecule has 0 atom stereocenters. The molecule has 0 amide bonds. The third kappa shape index (κ3) is 5.94. The van der Waals surface area contributed by atoms with Gasteiger partial charge in [0.1, 0.15) is 6.61 Å². The second-order valence-electron chi connectivity index (χ2n) is 6.78. The predicted octanol–water partition coefficient (Wildman–Crippen LogP) is 3.24. The number of nitro groups is 1. The van der Waals surface area contributed by atoms with Crippen molar-refractivity contribution < 1.29 is 14.4 Å². The number of nitrogens with zero attached hydrogens (tertiary/aromatic N) is 2. The summed E-state index contributed by atoms with van der Waals surface area (Å²) >= 11 is 0. The summed E-state index contributed by atoms with van der Waals surface area (Å²) in [5.41, 5.74) is 0.844. The first kappa shape index (κ1) is 20.1. The van der Waals surface area contributed by atoms with E-state index in [0.29, 0.717) is 6.61 Å². The van der Waals surface area contributed by atoms with Gasteiger partial charge in [-0.05, 0) is 37.1 Å². The van der Waals surface area contributed by atoms with Gasteiger partial charge in [-0.1, -0.05) is 36.4 Å². The van der Waals surface area contributed by atoms with Crippen molar-refractivity contribution in [3.63, 3.8) is 0 Å². The van der Waals surface area contributed by atoms with Crippen LogP contribution in [0.1, 0.15) is 18.4 Å². The second kappa shape index (κ2) is 10.6. The molecule has 1 heterocycles. The van der Waals surface area contributed by atoms with E-state index >= 15 is 0 Å². The SMILES string of the molecule is O=[N+]([O-])c1c(OCCCCN2CCNCC2)cccc1OCc1ccccc1. The van der Waals surface area contributed by atoms with Crippen LogP contribution in [0.3, 0.4) is 0 Å². The van der Waals surface area contributed by atoms with Crippen LogP contribution in [-0.4, -0.2) is 49.2 Å². The van der Waals surface area contributed by atoms with Crippen LogP contribution in [0.5, 0.6) is 11.5 Å². The summed E-state index contributed by atoms with van der Waals surface area (Å²) in [6.07, 6.45) is 1.87. The fourth-order valence-corrected chi connectivity index (χ4v) is 3.20. The Kier molecular flexibility index (Phi) is 7.63. The van der Waals surface area contributed by atoms with Gasteiger partial charge in [-0.25, -0.2) is 0 Å². The smallest absolute Gasteiger partial charge is 0.352 e. The van der Waals surface area contributed by atoms with Gasteiger partial charge in [0, 0.05) is 26.2 Å².